The molecular weight excluding hydrogens is 288 g/mol. The lowest BCUT2D eigenvalue weighted by Crippen LogP contribution is -2.40. The van der Waals surface area contributed by atoms with Crippen molar-refractivity contribution in [2.24, 2.45) is 0 Å². The fraction of sp³-hybridized carbons (Fsp3) is 0.429. The lowest BCUT2D eigenvalue weighted by Gasteiger charge is -2.23. The summed E-state index contributed by atoms with van der Waals surface area (Å²) in [6, 6.07) is 3.37. The van der Waals surface area contributed by atoms with Gasteiger partial charge in [0.25, 0.3) is 0 Å². The number of urea groups is 1. The van der Waals surface area contributed by atoms with E-state index in [1.165, 1.54) is 11.3 Å². The number of nitrogens with zero attached hydrogens (tertiary/aromatic N) is 2. The molecule has 0 aliphatic rings. The van der Waals surface area contributed by atoms with E-state index in [2.05, 4.69) is 15.7 Å². The summed E-state index contributed by atoms with van der Waals surface area (Å²) in [5.74, 6) is 0.623. The molecule has 2 aromatic heterocycles. The molecule has 114 valence electrons. The molecule has 0 saturated carbocycles. The number of thiophene rings is 1. The summed E-state index contributed by atoms with van der Waals surface area (Å²) in [6.45, 7) is 5.77. The average Bonchev–Trinajstić information content (AvgIpc) is 3.07. The van der Waals surface area contributed by atoms with Crippen molar-refractivity contribution in [1.29, 1.82) is 0 Å². The fourth-order valence-corrected chi connectivity index (χ4v) is 2.69. The molecule has 2 amide bonds. The van der Waals surface area contributed by atoms with Crippen LogP contribution >= 0.6 is 11.3 Å². The average molecular weight is 308 g/mol. The van der Waals surface area contributed by atoms with E-state index in [4.69, 9.17) is 0 Å². The lowest BCUT2D eigenvalue weighted by molar-refractivity contribution is 0.0604. The Kier molecular flexibility index (Phi) is 4.64. The smallest absolute Gasteiger partial charge is 0.320 e. The van der Waals surface area contributed by atoms with Crippen LogP contribution in [-0.4, -0.2) is 27.5 Å². The highest BCUT2D eigenvalue weighted by Gasteiger charge is 2.24. The second-order valence-electron chi connectivity index (χ2n) is 5.35. The van der Waals surface area contributed by atoms with Gasteiger partial charge in [-0.3, -0.25) is 5.32 Å². The molecule has 1 atom stereocenters. The highest BCUT2D eigenvalue weighted by atomic mass is 32.1. The first kappa shape index (κ1) is 15.5. The van der Waals surface area contributed by atoms with Crippen molar-refractivity contribution >= 4 is 23.2 Å². The normalized spacial score (nSPS) is 14.0. The zero-order valence-corrected chi connectivity index (χ0v) is 13.1. The van der Waals surface area contributed by atoms with E-state index in [-0.39, 0.29) is 18.6 Å². The van der Waals surface area contributed by atoms with Crippen LogP contribution in [0.25, 0.3) is 0 Å². The minimum atomic E-state index is -1.09. The van der Waals surface area contributed by atoms with Crippen LogP contribution < -0.4 is 10.6 Å². The Morgan fingerprint density at radius 2 is 2.29 bits per heavy atom. The minimum absolute atomic E-state index is 0.130. The van der Waals surface area contributed by atoms with E-state index in [0.29, 0.717) is 5.82 Å². The molecule has 0 fully saturated rings. The Bertz CT molecular complexity index is 590. The molecule has 6 nitrogen and oxygen atoms in total. The summed E-state index contributed by atoms with van der Waals surface area (Å²) in [4.78, 5) is 11.9. The monoisotopic (exact) mass is 308 g/mol. The Labute approximate surface area is 127 Å². The van der Waals surface area contributed by atoms with Crippen molar-refractivity contribution in [2.75, 3.05) is 11.9 Å². The van der Waals surface area contributed by atoms with Crippen molar-refractivity contribution in [3.63, 3.8) is 0 Å². The number of nitrogens with one attached hydrogen (secondary N) is 2. The predicted octanol–water partition coefficient (Wildman–Crippen LogP) is 2.55. The highest BCUT2D eigenvalue weighted by molar-refractivity contribution is 7.08. The molecule has 0 radical (unpaired) electrons. The topological polar surface area (TPSA) is 79.2 Å². The summed E-state index contributed by atoms with van der Waals surface area (Å²) in [5, 5.41) is 23.7. The van der Waals surface area contributed by atoms with Gasteiger partial charge < -0.3 is 10.4 Å². The number of anilines is 1. The van der Waals surface area contributed by atoms with E-state index < -0.39 is 5.60 Å². The van der Waals surface area contributed by atoms with Crippen LogP contribution in [0.5, 0.6) is 0 Å². The number of carbonyl (C=O) groups excluding carboxylic acids is 1. The van der Waals surface area contributed by atoms with Gasteiger partial charge in [-0.15, -0.1) is 0 Å². The van der Waals surface area contributed by atoms with Crippen LogP contribution in [0, 0.1) is 0 Å². The highest BCUT2D eigenvalue weighted by Crippen LogP contribution is 2.22. The van der Waals surface area contributed by atoms with Gasteiger partial charge in [-0.25, -0.2) is 9.48 Å². The third kappa shape index (κ3) is 3.83. The molecule has 0 saturated heterocycles. The van der Waals surface area contributed by atoms with Crippen LogP contribution in [0.2, 0.25) is 0 Å². The lowest BCUT2D eigenvalue weighted by atomic mass is 9.99. The summed E-state index contributed by atoms with van der Waals surface area (Å²) in [5.41, 5.74) is -0.296. The molecular formula is C14H20N4O2S. The third-order valence-corrected chi connectivity index (χ3v) is 3.82. The summed E-state index contributed by atoms with van der Waals surface area (Å²) < 4.78 is 1.72. The second-order valence-corrected chi connectivity index (χ2v) is 6.13. The molecule has 0 bridgehead atoms. The zero-order chi connectivity index (χ0) is 15.5. The van der Waals surface area contributed by atoms with E-state index in [0.717, 1.165) is 5.56 Å². The van der Waals surface area contributed by atoms with Crippen LogP contribution in [0.1, 0.15) is 32.4 Å². The largest absolute Gasteiger partial charge is 0.384 e. The quantitative estimate of drug-likeness (QED) is 0.794. The van der Waals surface area contributed by atoms with Gasteiger partial charge in [0, 0.05) is 12.1 Å². The molecule has 1 unspecified atom stereocenters. The number of aromatic nitrogens is 2. The molecule has 7 heteroatoms. The van der Waals surface area contributed by atoms with Gasteiger partial charge >= 0.3 is 6.03 Å². The van der Waals surface area contributed by atoms with E-state index in [9.17, 15) is 9.90 Å². The molecule has 21 heavy (non-hydrogen) atoms. The molecule has 2 rings (SSSR count). The molecule has 0 aliphatic carbocycles. The van der Waals surface area contributed by atoms with Crippen molar-refractivity contribution in [3.05, 3.63) is 34.7 Å². The maximum Gasteiger partial charge on any atom is 0.320 e. The Hall–Kier alpha value is -1.86. The first-order valence-corrected chi connectivity index (χ1v) is 7.68. The number of hydrogen-bond acceptors (Lipinski definition) is 4. The van der Waals surface area contributed by atoms with Crippen LogP contribution in [0.4, 0.5) is 10.6 Å². The number of carbonyl (C=O) groups is 1. The Morgan fingerprint density at radius 1 is 1.52 bits per heavy atom. The van der Waals surface area contributed by atoms with Crippen molar-refractivity contribution in [2.45, 2.75) is 32.4 Å². The van der Waals surface area contributed by atoms with Gasteiger partial charge in [-0.1, -0.05) is 0 Å². The molecule has 0 aromatic carbocycles. The Balaban J connectivity index is 1.92. The van der Waals surface area contributed by atoms with Gasteiger partial charge in [0.1, 0.15) is 11.4 Å². The van der Waals surface area contributed by atoms with Gasteiger partial charge in [-0.2, -0.15) is 16.4 Å². The molecule has 0 aliphatic heterocycles. The first-order chi connectivity index (χ1) is 9.90. The number of aliphatic hydroxyl groups is 1. The van der Waals surface area contributed by atoms with Gasteiger partial charge in [0.2, 0.25) is 0 Å². The number of rotatable bonds is 5. The van der Waals surface area contributed by atoms with Crippen LogP contribution in [0.15, 0.2) is 29.1 Å². The van der Waals surface area contributed by atoms with E-state index in [1.807, 2.05) is 30.7 Å². The zero-order valence-electron chi connectivity index (χ0n) is 12.3. The van der Waals surface area contributed by atoms with Crippen LogP contribution in [0.3, 0.4) is 0 Å². The number of amides is 2. The molecule has 2 aromatic rings. The predicted molar refractivity (Wildman–Crippen MR) is 83.5 cm³/mol. The van der Waals surface area contributed by atoms with Gasteiger partial charge in [0.05, 0.1) is 12.7 Å². The third-order valence-electron chi connectivity index (χ3n) is 3.14. The van der Waals surface area contributed by atoms with E-state index in [1.54, 1.807) is 23.9 Å². The summed E-state index contributed by atoms with van der Waals surface area (Å²) in [6.07, 6.45) is 1.64. The second kappa shape index (κ2) is 6.28. The molecule has 3 N–H and O–H groups in total. The standard InChI is InChI=1S/C14H20N4O2S/c1-10(2)18-12(4-6-16-18)17-13(19)15-9-14(3,20)11-5-7-21-8-11/h4-8,10,20H,9H2,1-3H3,(H2,15,17,19). The van der Waals surface area contributed by atoms with Gasteiger partial charge in [-0.05, 0) is 43.2 Å². The fourth-order valence-electron chi connectivity index (χ4n) is 1.91. The summed E-state index contributed by atoms with van der Waals surface area (Å²) >= 11 is 1.51. The van der Waals surface area contributed by atoms with Crippen LogP contribution in [-0.2, 0) is 5.60 Å². The minimum Gasteiger partial charge on any atom is -0.384 e. The number of hydrogen-bond donors (Lipinski definition) is 3. The maximum absolute atomic E-state index is 11.9. The first-order valence-electron chi connectivity index (χ1n) is 6.73. The van der Waals surface area contributed by atoms with Crippen molar-refractivity contribution < 1.29 is 9.90 Å². The van der Waals surface area contributed by atoms with Crippen molar-refractivity contribution in [3.8, 4) is 0 Å². The Morgan fingerprint density at radius 3 is 2.90 bits per heavy atom. The van der Waals surface area contributed by atoms with Crippen molar-refractivity contribution in [1.82, 2.24) is 15.1 Å². The SMILES string of the molecule is CC(C)n1nccc1NC(=O)NCC(C)(O)c1ccsc1. The summed E-state index contributed by atoms with van der Waals surface area (Å²) in [7, 11) is 0. The molecule has 0 spiro atoms. The van der Waals surface area contributed by atoms with Gasteiger partial charge in [0.15, 0.2) is 0 Å². The maximum atomic E-state index is 11.9. The van der Waals surface area contributed by atoms with E-state index >= 15 is 0 Å². The molecule has 2 heterocycles.